The van der Waals surface area contributed by atoms with Gasteiger partial charge in [0.25, 0.3) is 0 Å². The minimum atomic E-state index is -0.890. The normalized spacial score (nSPS) is 25.9. The molecule has 92 valence electrons. The highest BCUT2D eigenvalue weighted by Crippen LogP contribution is 2.22. The first-order chi connectivity index (χ1) is 7.41. The van der Waals surface area contributed by atoms with E-state index in [9.17, 15) is 9.59 Å². The van der Waals surface area contributed by atoms with E-state index < -0.39 is 12.0 Å². The number of aliphatic carboxylic acids is 1. The second-order valence-electron chi connectivity index (χ2n) is 4.81. The van der Waals surface area contributed by atoms with Gasteiger partial charge in [0, 0.05) is 6.54 Å². The van der Waals surface area contributed by atoms with Crippen LogP contribution in [0.3, 0.4) is 0 Å². The van der Waals surface area contributed by atoms with E-state index in [2.05, 4.69) is 0 Å². The van der Waals surface area contributed by atoms with Crippen molar-refractivity contribution in [3.8, 4) is 0 Å². The van der Waals surface area contributed by atoms with E-state index in [1.165, 1.54) is 4.90 Å². The van der Waals surface area contributed by atoms with Gasteiger partial charge in [0.2, 0.25) is 5.91 Å². The summed E-state index contributed by atoms with van der Waals surface area (Å²) in [6.45, 7) is 2.87. The van der Waals surface area contributed by atoms with E-state index in [-0.39, 0.29) is 12.5 Å². The largest absolute Gasteiger partial charge is 0.480 e. The number of likely N-dealkylation sites (tertiary alicyclic amines) is 1. The summed E-state index contributed by atoms with van der Waals surface area (Å²) >= 11 is 0. The van der Waals surface area contributed by atoms with Gasteiger partial charge in [0.1, 0.15) is 6.04 Å². The molecule has 5 nitrogen and oxygen atoms in total. The lowest BCUT2D eigenvalue weighted by atomic mass is 9.92. The van der Waals surface area contributed by atoms with Crippen LogP contribution in [0.2, 0.25) is 0 Å². The Labute approximate surface area is 96.0 Å². The molecule has 1 fully saturated rings. The van der Waals surface area contributed by atoms with E-state index in [4.69, 9.17) is 5.11 Å². The first-order valence-electron chi connectivity index (χ1n) is 5.58. The van der Waals surface area contributed by atoms with Crippen molar-refractivity contribution in [2.45, 2.75) is 25.8 Å². The number of carboxylic acid groups (broad SMARTS) is 1. The number of hydrogen-bond donors (Lipinski definition) is 1. The third-order valence-corrected chi connectivity index (χ3v) is 2.92. The highest BCUT2D eigenvalue weighted by atomic mass is 16.4. The number of carbonyl (C=O) groups excluding carboxylic acids is 1. The molecule has 1 amide bonds. The minimum absolute atomic E-state index is 0.0932. The Bertz CT molecular complexity index is 278. The van der Waals surface area contributed by atoms with Gasteiger partial charge in [0.15, 0.2) is 0 Å². The lowest BCUT2D eigenvalue weighted by molar-refractivity contribution is -0.153. The Morgan fingerprint density at radius 3 is 2.56 bits per heavy atom. The van der Waals surface area contributed by atoms with Crippen molar-refractivity contribution in [3.63, 3.8) is 0 Å². The van der Waals surface area contributed by atoms with Gasteiger partial charge in [-0.05, 0) is 32.9 Å². The van der Waals surface area contributed by atoms with Gasteiger partial charge in [0.05, 0.1) is 6.54 Å². The van der Waals surface area contributed by atoms with Gasteiger partial charge >= 0.3 is 5.97 Å². The van der Waals surface area contributed by atoms with E-state index in [1.54, 1.807) is 19.0 Å². The zero-order valence-corrected chi connectivity index (χ0v) is 10.1. The Hall–Kier alpha value is -1.10. The topological polar surface area (TPSA) is 60.9 Å². The molecule has 1 saturated heterocycles. The van der Waals surface area contributed by atoms with Gasteiger partial charge in [-0.3, -0.25) is 4.79 Å². The summed E-state index contributed by atoms with van der Waals surface area (Å²) in [5.41, 5.74) is 0. The third kappa shape index (κ3) is 3.20. The molecule has 1 aliphatic heterocycles. The molecule has 0 spiro atoms. The quantitative estimate of drug-likeness (QED) is 0.752. The van der Waals surface area contributed by atoms with E-state index in [0.29, 0.717) is 18.9 Å². The zero-order chi connectivity index (χ0) is 12.3. The number of piperidine rings is 1. The standard InChI is InChI=1S/C11H20N2O3/c1-8-4-5-13(9(6-8)11(15)16)10(14)7-12(2)3/h8-9H,4-7H2,1-3H3,(H,15,16). The van der Waals surface area contributed by atoms with Crippen molar-refractivity contribution in [1.29, 1.82) is 0 Å². The summed E-state index contributed by atoms with van der Waals surface area (Å²) in [4.78, 5) is 26.2. The van der Waals surface area contributed by atoms with E-state index in [1.807, 2.05) is 6.92 Å². The third-order valence-electron chi connectivity index (χ3n) is 2.92. The maximum atomic E-state index is 11.9. The number of carboxylic acids is 1. The summed E-state index contributed by atoms with van der Waals surface area (Å²) in [6, 6.07) is -0.642. The Morgan fingerprint density at radius 1 is 1.44 bits per heavy atom. The molecule has 1 rings (SSSR count). The van der Waals surface area contributed by atoms with Crippen LogP contribution in [-0.2, 0) is 9.59 Å². The second kappa shape index (κ2) is 5.30. The molecule has 2 atom stereocenters. The number of carbonyl (C=O) groups is 2. The maximum absolute atomic E-state index is 11.9. The molecule has 0 aliphatic carbocycles. The van der Waals surface area contributed by atoms with Crippen LogP contribution < -0.4 is 0 Å². The summed E-state index contributed by atoms with van der Waals surface area (Å²) in [5, 5.41) is 9.10. The number of amides is 1. The highest BCUT2D eigenvalue weighted by molar-refractivity contribution is 5.85. The average Bonchev–Trinajstić information content (AvgIpc) is 2.16. The molecular formula is C11H20N2O3. The van der Waals surface area contributed by atoms with Gasteiger partial charge in [-0.25, -0.2) is 4.79 Å². The Balaban J connectivity index is 2.69. The SMILES string of the molecule is CC1CCN(C(=O)CN(C)C)C(C(=O)O)C1. The zero-order valence-electron chi connectivity index (χ0n) is 10.1. The molecule has 0 aromatic heterocycles. The summed E-state index contributed by atoms with van der Waals surface area (Å²) in [6.07, 6.45) is 1.46. The summed E-state index contributed by atoms with van der Waals surface area (Å²) < 4.78 is 0. The van der Waals surface area contributed by atoms with Gasteiger partial charge in [-0.1, -0.05) is 6.92 Å². The smallest absolute Gasteiger partial charge is 0.326 e. The van der Waals surface area contributed by atoms with Crippen molar-refractivity contribution in [1.82, 2.24) is 9.80 Å². The summed E-state index contributed by atoms with van der Waals surface area (Å²) in [5.74, 6) is -0.604. The number of hydrogen-bond acceptors (Lipinski definition) is 3. The molecule has 1 heterocycles. The monoisotopic (exact) mass is 228 g/mol. The van der Waals surface area contributed by atoms with Crippen LogP contribution in [0.4, 0.5) is 0 Å². The molecule has 0 aromatic rings. The maximum Gasteiger partial charge on any atom is 0.326 e. The Kier molecular flexibility index (Phi) is 4.29. The van der Waals surface area contributed by atoms with E-state index in [0.717, 1.165) is 6.42 Å². The minimum Gasteiger partial charge on any atom is -0.480 e. The lowest BCUT2D eigenvalue weighted by Crippen LogP contribution is -2.52. The predicted molar refractivity (Wildman–Crippen MR) is 60.1 cm³/mol. The van der Waals surface area contributed by atoms with Gasteiger partial charge in [-0.15, -0.1) is 0 Å². The Morgan fingerprint density at radius 2 is 2.06 bits per heavy atom. The average molecular weight is 228 g/mol. The second-order valence-corrected chi connectivity index (χ2v) is 4.81. The van der Waals surface area contributed by atoms with Crippen LogP contribution in [0.15, 0.2) is 0 Å². The van der Waals surface area contributed by atoms with Crippen LogP contribution in [-0.4, -0.2) is 60.0 Å². The van der Waals surface area contributed by atoms with Gasteiger partial charge < -0.3 is 14.9 Å². The number of nitrogens with zero attached hydrogens (tertiary/aromatic N) is 2. The first-order valence-corrected chi connectivity index (χ1v) is 5.58. The highest BCUT2D eigenvalue weighted by Gasteiger charge is 2.34. The molecule has 0 saturated carbocycles. The molecule has 16 heavy (non-hydrogen) atoms. The predicted octanol–water partition coefficient (Wildman–Crippen LogP) is 0.260. The van der Waals surface area contributed by atoms with E-state index >= 15 is 0 Å². The lowest BCUT2D eigenvalue weighted by Gasteiger charge is -2.36. The fourth-order valence-corrected chi connectivity index (χ4v) is 2.04. The first kappa shape index (κ1) is 13.0. The van der Waals surface area contributed by atoms with Crippen LogP contribution in [0.1, 0.15) is 19.8 Å². The molecule has 5 heteroatoms. The fraction of sp³-hybridized carbons (Fsp3) is 0.818. The van der Waals surface area contributed by atoms with Crippen molar-refractivity contribution in [3.05, 3.63) is 0 Å². The molecule has 0 radical (unpaired) electrons. The van der Waals surface area contributed by atoms with Crippen molar-refractivity contribution in [2.75, 3.05) is 27.2 Å². The van der Waals surface area contributed by atoms with Crippen molar-refractivity contribution < 1.29 is 14.7 Å². The van der Waals surface area contributed by atoms with Crippen molar-refractivity contribution in [2.24, 2.45) is 5.92 Å². The molecule has 1 N–H and O–H groups in total. The number of rotatable bonds is 3. The van der Waals surface area contributed by atoms with Crippen molar-refractivity contribution >= 4 is 11.9 Å². The molecule has 0 bridgehead atoms. The number of likely N-dealkylation sites (N-methyl/N-ethyl adjacent to an activating group) is 1. The summed E-state index contributed by atoms with van der Waals surface area (Å²) in [7, 11) is 3.61. The molecule has 1 aliphatic rings. The molecule has 0 aromatic carbocycles. The van der Waals surface area contributed by atoms with Crippen LogP contribution in [0.25, 0.3) is 0 Å². The van der Waals surface area contributed by atoms with Crippen LogP contribution in [0, 0.1) is 5.92 Å². The van der Waals surface area contributed by atoms with Gasteiger partial charge in [-0.2, -0.15) is 0 Å². The molecule has 2 unspecified atom stereocenters. The van der Waals surface area contributed by atoms with Crippen LogP contribution >= 0.6 is 0 Å². The van der Waals surface area contributed by atoms with Crippen LogP contribution in [0.5, 0.6) is 0 Å². The molecular weight excluding hydrogens is 208 g/mol. The fourth-order valence-electron chi connectivity index (χ4n) is 2.04.